The van der Waals surface area contributed by atoms with Crippen LogP contribution in [-0.4, -0.2) is 43.5 Å². The molecule has 1 saturated heterocycles. The van der Waals surface area contributed by atoms with Gasteiger partial charge in [0, 0.05) is 18.9 Å². The van der Waals surface area contributed by atoms with E-state index in [0.29, 0.717) is 6.42 Å². The van der Waals surface area contributed by atoms with Gasteiger partial charge < -0.3 is 19.5 Å². The number of rotatable bonds is 7. The molecule has 0 aliphatic carbocycles. The van der Waals surface area contributed by atoms with Crippen molar-refractivity contribution in [3.8, 4) is 5.75 Å². The Balaban J connectivity index is 1.83. The van der Waals surface area contributed by atoms with Crippen molar-refractivity contribution in [2.24, 2.45) is 5.92 Å². The first kappa shape index (κ1) is 20.1. The Morgan fingerprint density at radius 2 is 1.93 bits per heavy atom. The van der Waals surface area contributed by atoms with Gasteiger partial charge >= 0.3 is 0 Å². The molecule has 0 radical (unpaired) electrons. The molecule has 0 aromatic heterocycles. The summed E-state index contributed by atoms with van der Waals surface area (Å²) < 4.78 is 11.7. The first-order valence-electron chi connectivity index (χ1n) is 10.1. The molecule has 27 heavy (non-hydrogen) atoms. The lowest BCUT2D eigenvalue weighted by Crippen LogP contribution is -2.38. The summed E-state index contributed by atoms with van der Waals surface area (Å²) in [6.07, 6.45) is 3.78. The van der Waals surface area contributed by atoms with Crippen molar-refractivity contribution in [3.05, 3.63) is 42.0 Å². The molecule has 3 atom stereocenters. The molecule has 1 N–H and O–H groups in total. The van der Waals surface area contributed by atoms with Crippen LogP contribution in [0.2, 0.25) is 0 Å². The fraction of sp³-hybridized carbons (Fsp3) is 0.565. The second-order valence-corrected chi connectivity index (χ2v) is 8.08. The van der Waals surface area contributed by atoms with Gasteiger partial charge in [-0.15, -0.1) is 0 Å². The van der Waals surface area contributed by atoms with Crippen LogP contribution in [0.4, 0.5) is 0 Å². The number of nitrogens with zero attached hydrogens (tertiary/aromatic N) is 1. The highest BCUT2D eigenvalue weighted by Crippen LogP contribution is 2.35. The molecule has 0 saturated carbocycles. The third kappa shape index (κ3) is 4.63. The SMILES string of the molecule is CC[C@](O)(c1ccc2cc(OC3CCCCO3)ccc2c1)[C@@H](C)CN(C)C. The second kappa shape index (κ2) is 8.59. The second-order valence-electron chi connectivity index (χ2n) is 8.08. The van der Waals surface area contributed by atoms with E-state index in [-0.39, 0.29) is 12.2 Å². The molecule has 1 aliphatic heterocycles. The van der Waals surface area contributed by atoms with Gasteiger partial charge in [0.2, 0.25) is 0 Å². The van der Waals surface area contributed by atoms with Gasteiger partial charge in [-0.1, -0.05) is 32.0 Å². The predicted molar refractivity (Wildman–Crippen MR) is 110 cm³/mol. The first-order chi connectivity index (χ1) is 12.9. The van der Waals surface area contributed by atoms with Crippen LogP contribution in [0.15, 0.2) is 36.4 Å². The van der Waals surface area contributed by atoms with E-state index in [2.05, 4.69) is 49.1 Å². The summed E-state index contributed by atoms with van der Waals surface area (Å²) in [6.45, 7) is 5.80. The van der Waals surface area contributed by atoms with Gasteiger partial charge in [-0.05, 0) is 67.9 Å². The van der Waals surface area contributed by atoms with Gasteiger partial charge in [-0.3, -0.25) is 0 Å². The van der Waals surface area contributed by atoms with E-state index >= 15 is 0 Å². The molecule has 4 heteroatoms. The van der Waals surface area contributed by atoms with Crippen molar-refractivity contribution in [2.75, 3.05) is 27.2 Å². The van der Waals surface area contributed by atoms with E-state index in [0.717, 1.165) is 54.5 Å². The Hall–Kier alpha value is -1.62. The highest BCUT2D eigenvalue weighted by atomic mass is 16.7. The smallest absolute Gasteiger partial charge is 0.199 e. The van der Waals surface area contributed by atoms with Crippen LogP contribution < -0.4 is 4.74 Å². The number of hydrogen-bond acceptors (Lipinski definition) is 4. The summed E-state index contributed by atoms with van der Waals surface area (Å²) >= 11 is 0. The molecule has 4 nitrogen and oxygen atoms in total. The Labute approximate surface area is 163 Å². The lowest BCUT2D eigenvalue weighted by Gasteiger charge is -2.35. The summed E-state index contributed by atoms with van der Waals surface area (Å²) in [5.74, 6) is 0.981. The molecule has 2 aromatic carbocycles. The molecule has 1 fully saturated rings. The largest absolute Gasteiger partial charge is 0.465 e. The monoisotopic (exact) mass is 371 g/mol. The molecule has 3 rings (SSSR count). The molecule has 1 heterocycles. The van der Waals surface area contributed by atoms with Crippen LogP contribution in [-0.2, 0) is 10.3 Å². The lowest BCUT2D eigenvalue weighted by atomic mass is 9.79. The van der Waals surface area contributed by atoms with Crippen molar-refractivity contribution in [2.45, 2.75) is 51.4 Å². The van der Waals surface area contributed by atoms with E-state index in [1.807, 2.05) is 20.2 Å². The van der Waals surface area contributed by atoms with Crippen LogP contribution in [0, 0.1) is 5.92 Å². The number of benzene rings is 2. The van der Waals surface area contributed by atoms with Gasteiger partial charge in [-0.2, -0.15) is 0 Å². The summed E-state index contributed by atoms with van der Waals surface area (Å²) in [6, 6.07) is 12.4. The van der Waals surface area contributed by atoms with Gasteiger partial charge in [0.05, 0.1) is 12.2 Å². The number of hydrogen-bond donors (Lipinski definition) is 1. The Morgan fingerprint density at radius 1 is 1.19 bits per heavy atom. The average Bonchev–Trinajstić information content (AvgIpc) is 2.67. The van der Waals surface area contributed by atoms with Gasteiger partial charge in [0.1, 0.15) is 5.75 Å². The minimum atomic E-state index is -0.830. The zero-order chi connectivity index (χ0) is 19.4. The summed E-state index contributed by atoms with van der Waals surface area (Å²) in [7, 11) is 4.09. The van der Waals surface area contributed by atoms with E-state index in [1.165, 1.54) is 0 Å². The van der Waals surface area contributed by atoms with E-state index in [4.69, 9.17) is 9.47 Å². The maximum atomic E-state index is 11.4. The Bertz CT molecular complexity index is 754. The predicted octanol–water partition coefficient (Wildman–Crippen LogP) is 4.54. The fourth-order valence-electron chi connectivity index (χ4n) is 4.06. The fourth-order valence-corrected chi connectivity index (χ4v) is 4.06. The maximum Gasteiger partial charge on any atom is 0.199 e. The van der Waals surface area contributed by atoms with Crippen LogP contribution in [0.5, 0.6) is 5.75 Å². The normalized spacial score (nSPS) is 21.2. The van der Waals surface area contributed by atoms with E-state index in [1.54, 1.807) is 0 Å². The minimum absolute atomic E-state index is 0.132. The lowest BCUT2D eigenvalue weighted by molar-refractivity contribution is -0.105. The molecule has 1 aliphatic rings. The zero-order valence-electron chi connectivity index (χ0n) is 17.1. The third-order valence-corrected chi connectivity index (χ3v) is 5.71. The van der Waals surface area contributed by atoms with Crippen molar-refractivity contribution in [1.82, 2.24) is 4.90 Å². The highest BCUT2D eigenvalue weighted by molar-refractivity contribution is 5.84. The molecular formula is C23H33NO3. The molecule has 1 unspecified atom stereocenters. The van der Waals surface area contributed by atoms with Gasteiger partial charge in [-0.25, -0.2) is 0 Å². The quantitative estimate of drug-likeness (QED) is 0.776. The van der Waals surface area contributed by atoms with Crippen molar-refractivity contribution < 1.29 is 14.6 Å². The summed E-state index contributed by atoms with van der Waals surface area (Å²) in [5.41, 5.74) is 0.153. The van der Waals surface area contributed by atoms with E-state index in [9.17, 15) is 5.11 Å². The number of aliphatic hydroxyl groups is 1. The van der Waals surface area contributed by atoms with Crippen molar-refractivity contribution in [3.63, 3.8) is 0 Å². The van der Waals surface area contributed by atoms with Crippen LogP contribution >= 0.6 is 0 Å². The van der Waals surface area contributed by atoms with Crippen LogP contribution in [0.25, 0.3) is 10.8 Å². The van der Waals surface area contributed by atoms with Crippen LogP contribution in [0.1, 0.15) is 45.1 Å². The topological polar surface area (TPSA) is 41.9 Å². The van der Waals surface area contributed by atoms with Crippen molar-refractivity contribution in [1.29, 1.82) is 0 Å². The third-order valence-electron chi connectivity index (χ3n) is 5.71. The Morgan fingerprint density at radius 3 is 2.59 bits per heavy atom. The van der Waals surface area contributed by atoms with Gasteiger partial charge in [0.15, 0.2) is 6.29 Å². The summed E-state index contributed by atoms with van der Waals surface area (Å²) in [5, 5.41) is 13.6. The minimum Gasteiger partial charge on any atom is -0.465 e. The average molecular weight is 372 g/mol. The number of ether oxygens (including phenoxy) is 2. The Kier molecular flexibility index (Phi) is 6.40. The zero-order valence-corrected chi connectivity index (χ0v) is 17.1. The van der Waals surface area contributed by atoms with Crippen LogP contribution in [0.3, 0.4) is 0 Å². The maximum absolute atomic E-state index is 11.4. The first-order valence-corrected chi connectivity index (χ1v) is 10.1. The highest BCUT2D eigenvalue weighted by Gasteiger charge is 2.34. The van der Waals surface area contributed by atoms with Gasteiger partial charge in [0.25, 0.3) is 0 Å². The molecule has 0 bridgehead atoms. The molecule has 148 valence electrons. The molecule has 2 aromatic rings. The van der Waals surface area contributed by atoms with Crippen molar-refractivity contribution >= 4 is 10.8 Å². The molecule has 0 spiro atoms. The van der Waals surface area contributed by atoms with E-state index < -0.39 is 5.60 Å². The molecule has 0 amide bonds. The standard InChI is InChI=1S/C23H33NO3/c1-5-23(25,17(2)16-24(3)4)20-11-9-19-15-21(12-10-18(19)14-20)27-22-8-6-7-13-26-22/h9-12,14-15,17,22,25H,5-8,13,16H2,1-4H3/t17-,22?,23+/m0/s1. The number of fused-ring (bicyclic) bond motifs is 1. The summed E-state index contributed by atoms with van der Waals surface area (Å²) in [4.78, 5) is 2.13. The molecular weight excluding hydrogens is 338 g/mol.